The highest BCUT2D eigenvalue weighted by molar-refractivity contribution is 7.12. The summed E-state index contributed by atoms with van der Waals surface area (Å²) in [7, 11) is 0. The van der Waals surface area contributed by atoms with Gasteiger partial charge in [-0.1, -0.05) is 30.4 Å². The van der Waals surface area contributed by atoms with E-state index in [-0.39, 0.29) is 12.5 Å². The summed E-state index contributed by atoms with van der Waals surface area (Å²) >= 11 is 7.51. The smallest absolute Gasteiger partial charge is 0.266 e. The molecular formula is C16H14ClNO2S. The van der Waals surface area contributed by atoms with Crippen LogP contribution in [0.15, 0.2) is 29.6 Å². The van der Waals surface area contributed by atoms with Crippen LogP contribution >= 0.6 is 22.9 Å². The van der Waals surface area contributed by atoms with Crippen molar-refractivity contribution in [1.29, 1.82) is 0 Å². The van der Waals surface area contributed by atoms with Gasteiger partial charge in [-0.25, -0.2) is 0 Å². The fraction of sp³-hybridized carbons (Fsp3) is 0.188. The van der Waals surface area contributed by atoms with Crippen molar-refractivity contribution >= 4 is 34.5 Å². The number of carbonyl (C=O) groups is 1. The van der Waals surface area contributed by atoms with Crippen molar-refractivity contribution in [2.75, 3.05) is 11.9 Å². The van der Waals surface area contributed by atoms with Gasteiger partial charge >= 0.3 is 0 Å². The molecule has 5 heteroatoms. The van der Waals surface area contributed by atoms with E-state index in [1.807, 2.05) is 18.4 Å². The highest BCUT2D eigenvalue weighted by Crippen LogP contribution is 2.25. The predicted molar refractivity (Wildman–Crippen MR) is 87.1 cm³/mol. The standard InChI is InChI=1S/C16H14ClNO2S/c1-2-12-7-9-21-15(12)16(20)18-14-10-11(4-3-8-19)5-6-13(14)17/h5-7,9-10,19H,2,8H2,1H3,(H,18,20). The van der Waals surface area contributed by atoms with Crippen LogP contribution < -0.4 is 5.32 Å². The number of amides is 1. The Morgan fingerprint density at radius 3 is 2.95 bits per heavy atom. The van der Waals surface area contributed by atoms with E-state index < -0.39 is 0 Å². The number of aryl methyl sites for hydroxylation is 1. The summed E-state index contributed by atoms with van der Waals surface area (Å²) in [6.07, 6.45) is 0.808. The zero-order valence-electron chi connectivity index (χ0n) is 11.4. The number of rotatable bonds is 3. The van der Waals surface area contributed by atoms with Crippen LogP contribution in [0.2, 0.25) is 5.02 Å². The van der Waals surface area contributed by atoms with E-state index >= 15 is 0 Å². The molecule has 0 unspecified atom stereocenters. The highest BCUT2D eigenvalue weighted by atomic mass is 35.5. The van der Waals surface area contributed by atoms with Crippen molar-refractivity contribution < 1.29 is 9.90 Å². The van der Waals surface area contributed by atoms with Crippen LogP contribution in [0.25, 0.3) is 0 Å². The molecule has 2 rings (SSSR count). The van der Waals surface area contributed by atoms with E-state index in [9.17, 15) is 4.79 Å². The molecule has 0 radical (unpaired) electrons. The van der Waals surface area contributed by atoms with Crippen molar-refractivity contribution in [3.05, 3.63) is 50.7 Å². The van der Waals surface area contributed by atoms with Gasteiger partial charge in [-0.15, -0.1) is 11.3 Å². The second-order valence-corrected chi connectivity index (χ2v) is 5.56. The average molecular weight is 320 g/mol. The zero-order valence-corrected chi connectivity index (χ0v) is 13.0. The second-order valence-electron chi connectivity index (χ2n) is 4.24. The van der Waals surface area contributed by atoms with E-state index in [0.29, 0.717) is 21.2 Å². The Bertz CT molecular complexity index is 713. The number of aliphatic hydroxyl groups is 1. The number of hydrogen-bond acceptors (Lipinski definition) is 3. The van der Waals surface area contributed by atoms with Crippen LogP contribution in [-0.2, 0) is 6.42 Å². The molecule has 21 heavy (non-hydrogen) atoms. The van der Waals surface area contributed by atoms with Gasteiger partial charge in [0, 0.05) is 5.56 Å². The van der Waals surface area contributed by atoms with Gasteiger partial charge in [-0.05, 0) is 41.6 Å². The zero-order chi connectivity index (χ0) is 15.2. The first-order chi connectivity index (χ1) is 10.2. The van der Waals surface area contributed by atoms with Crippen molar-refractivity contribution in [3.8, 4) is 11.8 Å². The molecule has 0 aliphatic carbocycles. The lowest BCUT2D eigenvalue weighted by atomic mass is 10.2. The monoisotopic (exact) mass is 319 g/mol. The molecule has 0 fully saturated rings. The molecule has 0 aliphatic rings. The molecule has 1 aromatic heterocycles. The van der Waals surface area contributed by atoms with Crippen molar-refractivity contribution in [1.82, 2.24) is 0 Å². The summed E-state index contributed by atoms with van der Waals surface area (Å²) in [5, 5.41) is 13.9. The summed E-state index contributed by atoms with van der Waals surface area (Å²) in [5.41, 5.74) is 2.22. The fourth-order valence-corrected chi connectivity index (χ4v) is 2.89. The molecular weight excluding hydrogens is 306 g/mol. The third-order valence-corrected chi connectivity index (χ3v) is 4.15. The molecule has 0 saturated heterocycles. The lowest BCUT2D eigenvalue weighted by Gasteiger charge is -2.08. The van der Waals surface area contributed by atoms with Crippen LogP contribution in [0.3, 0.4) is 0 Å². The molecule has 0 bridgehead atoms. The fourth-order valence-electron chi connectivity index (χ4n) is 1.83. The van der Waals surface area contributed by atoms with Gasteiger partial charge in [0.15, 0.2) is 0 Å². The van der Waals surface area contributed by atoms with Crippen LogP contribution in [0.5, 0.6) is 0 Å². The minimum Gasteiger partial charge on any atom is -0.384 e. The third-order valence-electron chi connectivity index (χ3n) is 2.86. The first-order valence-electron chi connectivity index (χ1n) is 6.42. The summed E-state index contributed by atoms with van der Waals surface area (Å²) in [6.45, 7) is 1.80. The largest absolute Gasteiger partial charge is 0.384 e. The Morgan fingerprint density at radius 1 is 1.43 bits per heavy atom. The maximum absolute atomic E-state index is 12.3. The Kier molecular flexibility index (Phi) is 5.40. The SMILES string of the molecule is CCc1ccsc1C(=O)Nc1cc(C#CCO)ccc1Cl. The number of halogens is 1. The topological polar surface area (TPSA) is 49.3 Å². The summed E-state index contributed by atoms with van der Waals surface area (Å²) in [6, 6.07) is 7.06. The van der Waals surface area contributed by atoms with Gasteiger partial charge in [0.25, 0.3) is 5.91 Å². The van der Waals surface area contributed by atoms with Gasteiger partial charge in [-0.3, -0.25) is 4.79 Å². The molecule has 2 aromatic rings. The number of hydrogen-bond donors (Lipinski definition) is 2. The van der Waals surface area contributed by atoms with E-state index in [4.69, 9.17) is 16.7 Å². The van der Waals surface area contributed by atoms with Crippen LogP contribution in [0.1, 0.15) is 27.7 Å². The summed E-state index contributed by atoms with van der Waals surface area (Å²) < 4.78 is 0. The Labute approximate surface area is 132 Å². The molecule has 0 spiro atoms. The van der Waals surface area contributed by atoms with Gasteiger partial charge in [0.05, 0.1) is 15.6 Å². The van der Waals surface area contributed by atoms with Crippen molar-refractivity contribution in [2.24, 2.45) is 0 Å². The van der Waals surface area contributed by atoms with E-state index in [2.05, 4.69) is 17.2 Å². The normalized spacial score (nSPS) is 9.86. The lowest BCUT2D eigenvalue weighted by molar-refractivity contribution is 0.103. The average Bonchev–Trinajstić information content (AvgIpc) is 2.96. The van der Waals surface area contributed by atoms with Crippen LogP contribution in [0, 0.1) is 11.8 Å². The van der Waals surface area contributed by atoms with Crippen LogP contribution in [-0.4, -0.2) is 17.6 Å². The number of thiophene rings is 1. The van der Waals surface area contributed by atoms with Gasteiger partial charge in [0.2, 0.25) is 0 Å². The molecule has 2 N–H and O–H groups in total. The summed E-state index contributed by atoms with van der Waals surface area (Å²) in [5.74, 6) is 5.18. The molecule has 1 aromatic carbocycles. The first kappa shape index (κ1) is 15.6. The van der Waals surface area contributed by atoms with Gasteiger partial charge in [-0.2, -0.15) is 0 Å². The minimum absolute atomic E-state index is 0.170. The van der Waals surface area contributed by atoms with Gasteiger partial charge in [0.1, 0.15) is 6.61 Å². The Morgan fingerprint density at radius 2 is 2.24 bits per heavy atom. The van der Waals surface area contributed by atoms with Gasteiger partial charge < -0.3 is 10.4 Å². The number of nitrogens with one attached hydrogen (secondary N) is 1. The Hall–Kier alpha value is -1.80. The van der Waals surface area contributed by atoms with Crippen LogP contribution in [0.4, 0.5) is 5.69 Å². The molecule has 0 aliphatic heterocycles. The molecule has 0 atom stereocenters. The van der Waals surface area contributed by atoms with E-state index in [1.165, 1.54) is 11.3 Å². The quantitative estimate of drug-likeness (QED) is 0.850. The van der Waals surface area contributed by atoms with Crippen molar-refractivity contribution in [2.45, 2.75) is 13.3 Å². The first-order valence-corrected chi connectivity index (χ1v) is 7.68. The predicted octanol–water partition coefficient (Wildman–Crippen LogP) is 3.56. The molecule has 1 heterocycles. The second kappa shape index (κ2) is 7.28. The van der Waals surface area contributed by atoms with Crippen molar-refractivity contribution in [3.63, 3.8) is 0 Å². The third kappa shape index (κ3) is 3.85. The maximum atomic E-state index is 12.3. The summed E-state index contributed by atoms with van der Waals surface area (Å²) in [4.78, 5) is 13.0. The molecule has 1 amide bonds. The lowest BCUT2D eigenvalue weighted by Crippen LogP contribution is -2.12. The molecule has 0 saturated carbocycles. The number of anilines is 1. The number of carbonyl (C=O) groups excluding carboxylic acids is 1. The van der Waals surface area contributed by atoms with E-state index in [1.54, 1.807) is 18.2 Å². The highest BCUT2D eigenvalue weighted by Gasteiger charge is 2.13. The molecule has 3 nitrogen and oxygen atoms in total. The van der Waals surface area contributed by atoms with E-state index in [0.717, 1.165) is 12.0 Å². The number of benzene rings is 1. The minimum atomic E-state index is -0.209. The maximum Gasteiger partial charge on any atom is 0.266 e. The number of aliphatic hydroxyl groups excluding tert-OH is 1. The Balaban J connectivity index is 2.24. The molecule has 108 valence electrons.